The first-order valence-electron chi connectivity index (χ1n) is 10.8. The lowest BCUT2D eigenvalue weighted by molar-refractivity contribution is 0.0432. The maximum Gasteiger partial charge on any atom is 0.255 e. The number of imidazole rings is 1. The Labute approximate surface area is 181 Å². The van der Waals surface area contributed by atoms with Gasteiger partial charge in [0.05, 0.1) is 23.6 Å². The molecule has 2 aromatic heterocycles. The highest BCUT2D eigenvalue weighted by molar-refractivity contribution is 5.95. The number of benzene rings is 1. The van der Waals surface area contributed by atoms with E-state index < -0.39 is 0 Å². The van der Waals surface area contributed by atoms with Gasteiger partial charge in [0.15, 0.2) is 0 Å². The van der Waals surface area contributed by atoms with E-state index in [1.54, 1.807) is 30.9 Å². The number of carbonyl (C=O) groups is 2. The van der Waals surface area contributed by atoms with Gasteiger partial charge in [-0.25, -0.2) is 4.98 Å². The van der Waals surface area contributed by atoms with Gasteiger partial charge in [-0.3, -0.25) is 14.6 Å². The molecule has 158 valence electrons. The molecule has 0 spiro atoms. The number of aromatic amines is 1. The second-order valence-electron chi connectivity index (χ2n) is 8.20. The van der Waals surface area contributed by atoms with Crippen molar-refractivity contribution in [2.75, 3.05) is 19.6 Å². The van der Waals surface area contributed by atoms with Crippen LogP contribution in [0.2, 0.25) is 0 Å². The minimum atomic E-state index is -0.0710. The number of nitrogens with zero attached hydrogens (tertiary/aromatic N) is 4. The standard InChI is InChI=1S/C24H25N5O2/c30-23(19-7-4-11-25-15-19)28-12-8-17(9-13-28)22-21-20(26-16-27-21)10-14-29(22)24(31)18-5-2-1-3-6-18/h1-7,11,15-17,22H,8-10,12-14H2,(H,26,27). The molecule has 7 heteroatoms. The van der Waals surface area contributed by atoms with E-state index in [9.17, 15) is 9.59 Å². The van der Waals surface area contributed by atoms with Crippen LogP contribution in [0.25, 0.3) is 0 Å². The number of likely N-dealkylation sites (tertiary alicyclic amines) is 1. The van der Waals surface area contributed by atoms with Crippen LogP contribution in [0.15, 0.2) is 61.2 Å². The largest absolute Gasteiger partial charge is 0.348 e. The van der Waals surface area contributed by atoms with Crippen LogP contribution < -0.4 is 0 Å². The number of nitrogens with one attached hydrogen (secondary N) is 1. The van der Waals surface area contributed by atoms with E-state index in [1.165, 1.54) is 0 Å². The molecule has 2 aliphatic rings. The molecule has 0 radical (unpaired) electrons. The van der Waals surface area contributed by atoms with Crippen molar-refractivity contribution < 1.29 is 9.59 Å². The summed E-state index contributed by atoms with van der Waals surface area (Å²) >= 11 is 0. The van der Waals surface area contributed by atoms with Gasteiger partial charge in [0.25, 0.3) is 11.8 Å². The number of amides is 2. The number of H-pyrrole nitrogens is 1. The molecule has 2 amide bonds. The first kappa shape index (κ1) is 19.5. The monoisotopic (exact) mass is 415 g/mol. The Morgan fingerprint density at radius 2 is 1.71 bits per heavy atom. The highest BCUT2D eigenvalue weighted by atomic mass is 16.2. The zero-order chi connectivity index (χ0) is 21.2. The Hall–Kier alpha value is -3.48. The molecule has 1 unspecified atom stereocenters. The SMILES string of the molecule is O=C(c1cccnc1)N1CCC(C2c3nc[nH]c3CCN2C(=O)c2ccccc2)CC1. The molecular weight excluding hydrogens is 390 g/mol. The molecule has 0 aliphatic carbocycles. The zero-order valence-electron chi connectivity index (χ0n) is 17.3. The zero-order valence-corrected chi connectivity index (χ0v) is 17.3. The van der Waals surface area contributed by atoms with Crippen molar-refractivity contribution in [2.45, 2.75) is 25.3 Å². The molecule has 1 atom stereocenters. The third-order valence-corrected chi connectivity index (χ3v) is 6.43. The molecule has 1 saturated heterocycles. The third-order valence-electron chi connectivity index (χ3n) is 6.43. The smallest absolute Gasteiger partial charge is 0.255 e. The fourth-order valence-corrected chi connectivity index (χ4v) is 4.85. The van der Waals surface area contributed by atoms with Crippen LogP contribution >= 0.6 is 0 Å². The number of piperidine rings is 1. The van der Waals surface area contributed by atoms with Gasteiger partial charge in [-0.2, -0.15) is 0 Å². The van der Waals surface area contributed by atoms with Crippen LogP contribution in [-0.2, 0) is 6.42 Å². The minimum absolute atomic E-state index is 0.0212. The molecule has 1 N–H and O–H groups in total. The number of pyridine rings is 1. The third kappa shape index (κ3) is 3.71. The molecule has 5 rings (SSSR count). The summed E-state index contributed by atoms with van der Waals surface area (Å²) in [5.41, 5.74) is 3.42. The van der Waals surface area contributed by atoms with Crippen LogP contribution in [-0.4, -0.2) is 56.2 Å². The first-order chi connectivity index (χ1) is 15.2. The molecule has 2 aliphatic heterocycles. The lowest BCUT2D eigenvalue weighted by Crippen LogP contribution is -2.47. The molecule has 4 heterocycles. The van der Waals surface area contributed by atoms with Crippen LogP contribution in [0.3, 0.4) is 0 Å². The summed E-state index contributed by atoms with van der Waals surface area (Å²) in [6.07, 6.45) is 7.47. The molecule has 31 heavy (non-hydrogen) atoms. The van der Waals surface area contributed by atoms with Crippen LogP contribution in [0.4, 0.5) is 0 Å². The van der Waals surface area contributed by atoms with Crippen molar-refractivity contribution in [3.8, 4) is 0 Å². The van der Waals surface area contributed by atoms with Gasteiger partial charge >= 0.3 is 0 Å². The van der Waals surface area contributed by atoms with E-state index in [0.717, 1.165) is 30.7 Å². The highest BCUT2D eigenvalue weighted by Gasteiger charge is 2.40. The Morgan fingerprint density at radius 3 is 2.45 bits per heavy atom. The quantitative estimate of drug-likeness (QED) is 0.713. The van der Waals surface area contributed by atoms with Crippen LogP contribution in [0.5, 0.6) is 0 Å². The molecule has 1 fully saturated rings. The number of hydrogen-bond donors (Lipinski definition) is 1. The Morgan fingerprint density at radius 1 is 0.935 bits per heavy atom. The van der Waals surface area contributed by atoms with Gasteiger partial charge < -0.3 is 14.8 Å². The first-order valence-corrected chi connectivity index (χ1v) is 10.8. The number of hydrogen-bond acceptors (Lipinski definition) is 4. The maximum absolute atomic E-state index is 13.4. The number of aromatic nitrogens is 3. The number of rotatable bonds is 3. The Kier molecular flexibility index (Phi) is 5.24. The summed E-state index contributed by atoms with van der Waals surface area (Å²) in [5, 5.41) is 0. The van der Waals surface area contributed by atoms with Crippen molar-refractivity contribution in [3.63, 3.8) is 0 Å². The van der Waals surface area contributed by atoms with E-state index in [1.807, 2.05) is 40.1 Å². The van der Waals surface area contributed by atoms with Crippen LogP contribution in [0.1, 0.15) is 51.0 Å². The van der Waals surface area contributed by atoms with Gasteiger partial charge in [0.1, 0.15) is 0 Å². The second kappa shape index (κ2) is 8.34. The molecule has 3 aromatic rings. The van der Waals surface area contributed by atoms with E-state index >= 15 is 0 Å². The summed E-state index contributed by atoms with van der Waals surface area (Å²) in [6.45, 7) is 2.01. The summed E-state index contributed by atoms with van der Waals surface area (Å²) in [4.78, 5) is 42.0. The fraction of sp³-hybridized carbons (Fsp3) is 0.333. The predicted octanol–water partition coefficient (Wildman–Crippen LogP) is 3.10. The van der Waals surface area contributed by atoms with Crippen LogP contribution in [0, 0.1) is 5.92 Å². The predicted molar refractivity (Wildman–Crippen MR) is 115 cm³/mol. The van der Waals surface area contributed by atoms with Crippen molar-refractivity contribution in [3.05, 3.63) is 83.7 Å². The van der Waals surface area contributed by atoms with Crippen molar-refractivity contribution in [1.82, 2.24) is 24.8 Å². The molecular formula is C24H25N5O2. The summed E-state index contributed by atoms with van der Waals surface area (Å²) < 4.78 is 0. The Bertz CT molecular complexity index is 1060. The lowest BCUT2D eigenvalue weighted by Gasteiger charge is -2.43. The second-order valence-corrected chi connectivity index (χ2v) is 8.20. The van der Waals surface area contributed by atoms with E-state index in [-0.39, 0.29) is 23.8 Å². The van der Waals surface area contributed by atoms with Gasteiger partial charge in [0.2, 0.25) is 0 Å². The maximum atomic E-state index is 13.4. The summed E-state index contributed by atoms with van der Waals surface area (Å²) in [6, 6.07) is 13.0. The summed E-state index contributed by atoms with van der Waals surface area (Å²) in [7, 11) is 0. The Balaban J connectivity index is 1.36. The van der Waals surface area contributed by atoms with Crippen molar-refractivity contribution >= 4 is 11.8 Å². The van der Waals surface area contributed by atoms with Gasteiger partial charge in [-0.1, -0.05) is 18.2 Å². The van der Waals surface area contributed by atoms with Crippen molar-refractivity contribution in [1.29, 1.82) is 0 Å². The topological polar surface area (TPSA) is 82.2 Å². The van der Waals surface area contributed by atoms with Gasteiger partial charge in [0, 0.05) is 49.7 Å². The molecule has 0 saturated carbocycles. The minimum Gasteiger partial charge on any atom is -0.348 e. The summed E-state index contributed by atoms with van der Waals surface area (Å²) in [5.74, 6) is 0.328. The highest BCUT2D eigenvalue weighted by Crippen LogP contribution is 2.39. The van der Waals surface area contributed by atoms with Crippen molar-refractivity contribution in [2.24, 2.45) is 5.92 Å². The van der Waals surface area contributed by atoms with Gasteiger partial charge in [-0.05, 0) is 43.0 Å². The average Bonchev–Trinajstić information content (AvgIpc) is 3.33. The number of fused-ring (bicyclic) bond motifs is 1. The average molecular weight is 415 g/mol. The van der Waals surface area contributed by atoms with Gasteiger partial charge in [-0.15, -0.1) is 0 Å². The van der Waals surface area contributed by atoms with E-state index in [2.05, 4.69) is 15.0 Å². The fourth-order valence-electron chi connectivity index (χ4n) is 4.85. The molecule has 1 aromatic carbocycles. The molecule has 0 bridgehead atoms. The van der Waals surface area contributed by atoms with E-state index in [0.29, 0.717) is 30.8 Å². The molecule has 7 nitrogen and oxygen atoms in total. The normalized spacial score (nSPS) is 19.2. The number of carbonyl (C=O) groups excluding carboxylic acids is 2. The van der Waals surface area contributed by atoms with E-state index in [4.69, 9.17) is 0 Å². The lowest BCUT2D eigenvalue weighted by atomic mass is 9.83.